The molecule has 0 bridgehead atoms. The van der Waals surface area contributed by atoms with E-state index in [1.165, 1.54) is 6.42 Å². The molecule has 0 aromatic heterocycles. The van der Waals surface area contributed by atoms with Gasteiger partial charge in [0, 0.05) is 37.6 Å². The molecule has 2 aliphatic heterocycles. The SMILES string of the molecule is CC(C)(C)N1CCC(N2CCCCC2=O)CC1. The molecular weight excluding hydrogens is 212 g/mol. The van der Waals surface area contributed by atoms with Gasteiger partial charge in [-0.1, -0.05) is 0 Å². The first-order valence-electron chi connectivity index (χ1n) is 7.03. The lowest BCUT2D eigenvalue weighted by Crippen LogP contribution is -2.53. The second-order valence-corrected chi connectivity index (χ2v) is 6.43. The normalized spacial score (nSPS) is 25.4. The molecule has 2 fully saturated rings. The molecule has 3 nitrogen and oxygen atoms in total. The molecule has 0 radical (unpaired) electrons. The van der Waals surface area contributed by atoms with Gasteiger partial charge in [0.25, 0.3) is 0 Å². The van der Waals surface area contributed by atoms with E-state index in [1.54, 1.807) is 0 Å². The highest BCUT2D eigenvalue weighted by Gasteiger charge is 2.32. The average Bonchev–Trinajstić information content (AvgIpc) is 2.29. The zero-order valence-electron chi connectivity index (χ0n) is 11.5. The van der Waals surface area contributed by atoms with Crippen LogP contribution in [0.4, 0.5) is 0 Å². The summed E-state index contributed by atoms with van der Waals surface area (Å²) >= 11 is 0. The van der Waals surface area contributed by atoms with Crippen molar-refractivity contribution >= 4 is 5.91 Å². The number of piperidine rings is 2. The third-order valence-corrected chi connectivity index (χ3v) is 4.21. The average molecular weight is 238 g/mol. The Labute approximate surface area is 105 Å². The van der Waals surface area contributed by atoms with Crippen molar-refractivity contribution in [3.8, 4) is 0 Å². The maximum Gasteiger partial charge on any atom is 0.222 e. The van der Waals surface area contributed by atoms with E-state index >= 15 is 0 Å². The van der Waals surface area contributed by atoms with Crippen LogP contribution in [0.3, 0.4) is 0 Å². The van der Waals surface area contributed by atoms with Crippen molar-refractivity contribution in [2.45, 2.75) is 64.5 Å². The van der Waals surface area contributed by atoms with E-state index in [1.807, 2.05) is 0 Å². The first-order chi connectivity index (χ1) is 7.98. The van der Waals surface area contributed by atoms with Crippen molar-refractivity contribution in [2.24, 2.45) is 0 Å². The molecule has 0 aromatic rings. The lowest BCUT2D eigenvalue weighted by atomic mass is 9.95. The molecule has 1 amide bonds. The Morgan fingerprint density at radius 1 is 1.06 bits per heavy atom. The minimum Gasteiger partial charge on any atom is -0.340 e. The summed E-state index contributed by atoms with van der Waals surface area (Å²) in [6.45, 7) is 10.1. The second-order valence-electron chi connectivity index (χ2n) is 6.43. The van der Waals surface area contributed by atoms with Gasteiger partial charge in [-0.05, 0) is 46.5 Å². The fourth-order valence-electron chi connectivity index (χ4n) is 3.06. The highest BCUT2D eigenvalue weighted by atomic mass is 16.2. The predicted molar refractivity (Wildman–Crippen MR) is 69.9 cm³/mol. The summed E-state index contributed by atoms with van der Waals surface area (Å²) in [6.07, 6.45) is 5.38. The largest absolute Gasteiger partial charge is 0.340 e. The first kappa shape index (κ1) is 12.9. The summed E-state index contributed by atoms with van der Waals surface area (Å²) in [4.78, 5) is 16.6. The monoisotopic (exact) mass is 238 g/mol. The summed E-state index contributed by atoms with van der Waals surface area (Å²) in [5.74, 6) is 0.394. The van der Waals surface area contributed by atoms with Crippen LogP contribution < -0.4 is 0 Å². The Morgan fingerprint density at radius 3 is 2.24 bits per heavy atom. The van der Waals surface area contributed by atoms with Crippen LogP contribution in [0.5, 0.6) is 0 Å². The molecule has 2 saturated heterocycles. The molecule has 3 heteroatoms. The number of hydrogen-bond acceptors (Lipinski definition) is 2. The van der Waals surface area contributed by atoms with Gasteiger partial charge in [-0.15, -0.1) is 0 Å². The number of nitrogens with zero attached hydrogens (tertiary/aromatic N) is 2. The number of carbonyl (C=O) groups excluding carboxylic acids is 1. The van der Waals surface area contributed by atoms with Crippen LogP contribution in [-0.2, 0) is 4.79 Å². The van der Waals surface area contributed by atoms with Crippen LogP contribution in [0.25, 0.3) is 0 Å². The Balaban J connectivity index is 1.88. The summed E-state index contributed by atoms with van der Waals surface area (Å²) in [5.41, 5.74) is 0.275. The molecular formula is C14H26N2O. The first-order valence-corrected chi connectivity index (χ1v) is 7.03. The van der Waals surface area contributed by atoms with Crippen molar-refractivity contribution in [2.75, 3.05) is 19.6 Å². The Bertz CT molecular complexity index is 274. The fraction of sp³-hybridized carbons (Fsp3) is 0.929. The number of hydrogen-bond donors (Lipinski definition) is 0. The maximum absolute atomic E-state index is 11.9. The molecule has 0 atom stereocenters. The van der Waals surface area contributed by atoms with Crippen LogP contribution in [0.2, 0.25) is 0 Å². The maximum atomic E-state index is 11.9. The van der Waals surface area contributed by atoms with Crippen molar-refractivity contribution < 1.29 is 4.79 Å². The van der Waals surface area contributed by atoms with Gasteiger partial charge in [-0.25, -0.2) is 0 Å². The number of carbonyl (C=O) groups is 1. The summed E-state index contributed by atoms with van der Waals surface area (Å²) < 4.78 is 0. The van der Waals surface area contributed by atoms with E-state index in [0.717, 1.165) is 45.3 Å². The topological polar surface area (TPSA) is 23.6 Å². The van der Waals surface area contributed by atoms with Gasteiger partial charge in [0.05, 0.1) is 0 Å². The van der Waals surface area contributed by atoms with Crippen LogP contribution in [0.1, 0.15) is 52.9 Å². The number of amides is 1. The third-order valence-electron chi connectivity index (χ3n) is 4.21. The van der Waals surface area contributed by atoms with Crippen LogP contribution >= 0.6 is 0 Å². The third kappa shape index (κ3) is 3.01. The zero-order chi connectivity index (χ0) is 12.5. The van der Waals surface area contributed by atoms with Gasteiger partial charge in [0.15, 0.2) is 0 Å². The molecule has 0 unspecified atom stereocenters. The van der Waals surface area contributed by atoms with Gasteiger partial charge in [0.2, 0.25) is 5.91 Å². The quantitative estimate of drug-likeness (QED) is 0.699. The predicted octanol–water partition coefficient (Wildman–Crippen LogP) is 2.26. The van der Waals surface area contributed by atoms with E-state index in [2.05, 4.69) is 30.6 Å². The van der Waals surface area contributed by atoms with Crippen molar-refractivity contribution in [3.05, 3.63) is 0 Å². The van der Waals surface area contributed by atoms with E-state index in [0.29, 0.717) is 11.9 Å². The van der Waals surface area contributed by atoms with Gasteiger partial charge in [-0.2, -0.15) is 0 Å². The van der Waals surface area contributed by atoms with Gasteiger partial charge in [-0.3, -0.25) is 9.69 Å². The molecule has 2 heterocycles. The Hall–Kier alpha value is -0.570. The molecule has 0 saturated carbocycles. The summed E-state index contributed by atoms with van der Waals surface area (Å²) in [6, 6.07) is 0.515. The summed E-state index contributed by atoms with van der Waals surface area (Å²) in [5, 5.41) is 0. The lowest BCUT2D eigenvalue weighted by Gasteiger charge is -2.44. The van der Waals surface area contributed by atoms with Gasteiger partial charge in [0.1, 0.15) is 0 Å². The molecule has 17 heavy (non-hydrogen) atoms. The second kappa shape index (κ2) is 4.97. The Kier molecular flexibility index (Phi) is 3.76. The zero-order valence-corrected chi connectivity index (χ0v) is 11.5. The van der Waals surface area contributed by atoms with Crippen molar-refractivity contribution in [3.63, 3.8) is 0 Å². The lowest BCUT2D eigenvalue weighted by molar-refractivity contribution is -0.137. The van der Waals surface area contributed by atoms with Crippen molar-refractivity contribution in [1.82, 2.24) is 9.80 Å². The molecule has 2 rings (SSSR count). The van der Waals surface area contributed by atoms with Crippen LogP contribution in [-0.4, -0.2) is 46.9 Å². The van der Waals surface area contributed by atoms with E-state index in [9.17, 15) is 4.79 Å². The van der Waals surface area contributed by atoms with Gasteiger partial charge < -0.3 is 4.90 Å². The molecule has 0 aliphatic carbocycles. The highest BCUT2D eigenvalue weighted by molar-refractivity contribution is 5.77. The Morgan fingerprint density at radius 2 is 1.71 bits per heavy atom. The standard InChI is InChI=1S/C14H26N2O/c1-14(2,3)15-10-7-12(8-11-15)16-9-5-4-6-13(16)17/h12H,4-11H2,1-3H3. The fourth-order valence-corrected chi connectivity index (χ4v) is 3.06. The van der Waals surface area contributed by atoms with Crippen LogP contribution in [0, 0.1) is 0 Å². The molecule has 0 aromatic carbocycles. The summed E-state index contributed by atoms with van der Waals surface area (Å²) in [7, 11) is 0. The highest BCUT2D eigenvalue weighted by Crippen LogP contribution is 2.25. The van der Waals surface area contributed by atoms with Crippen LogP contribution in [0.15, 0.2) is 0 Å². The molecule has 0 N–H and O–H groups in total. The van der Waals surface area contributed by atoms with E-state index in [4.69, 9.17) is 0 Å². The minimum atomic E-state index is 0.275. The van der Waals surface area contributed by atoms with E-state index < -0.39 is 0 Å². The minimum absolute atomic E-state index is 0.275. The number of likely N-dealkylation sites (tertiary alicyclic amines) is 2. The number of rotatable bonds is 1. The smallest absolute Gasteiger partial charge is 0.222 e. The molecule has 0 spiro atoms. The van der Waals surface area contributed by atoms with Crippen molar-refractivity contribution in [1.29, 1.82) is 0 Å². The molecule has 98 valence electrons. The molecule has 2 aliphatic rings. The van der Waals surface area contributed by atoms with Gasteiger partial charge >= 0.3 is 0 Å². The van der Waals surface area contributed by atoms with E-state index in [-0.39, 0.29) is 5.54 Å².